The van der Waals surface area contributed by atoms with Crippen molar-refractivity contribution in [2.45, 2.75) is 26.9 Å². The maximum absolute atomic E-state index is 11.4. The fourth-order valence-corrected chi connectivity index (χ4v) is 1.30. The summed E-state index contributed by atoms with van der Waals surface area (Å²) in [5, 5.41) is 5.04. The second-order valence-corrected chi connectivity index (χ2v) is 2.97. The predicted octanol–water partition coefficient (Wildman–Crippen LogP) is -0.327. The van der Waals surface area contributed by atoms with Crippen LogP contribution in [0, 0.1) is 6.92 Å². The third-order valence-electron chi connectivity index (χ3n) is 2.11. The van der Waals surface area contributed by atoms with Crippen LogP contribution in [-0.4, -0.2) is 15.8 Å². The van der Waals surface area contributed by atoms with Crippen molar-refractivity contribution in [2.24, 2.45) is 5.73 Å². The summed E-state index contributed by atoms with van der Waals surface area (Å²) in [6.45, 7) is 4.61. The van der Waals surface area contributed by atoms with Gasteiger partial charge in [-0.15, -0.1) is 0 Å². The first-order chi connectivity index (χ1) is 6.56. The smallest absolute Gasteiger partial charge is 0.312 e. The number of rotatable bonds is 3. The molecule has 0 saturated heterocycles. The van der Waals surface area contributed by atoms with E-state index in [1.165, 1.54) is 0 Å². The minimum atomic E-state index is -0.631. The quantitative estimate of drug-likeness (QED) is 0.620. The standard InChI is InChI=1S/C8H14N4O2/c1-3-12-5(2)6(7(13)11-12)4-10-8(9)14/h3-4H2,1-2H3,(H,11,13)(H3,9,10,14). The van der Waals surface area contributed by atoms with Crippen LogP contribution in [0.4, 0.5) is 4.79 Å². The number of carbonyl (C=O) groups excluding carboxylic acids is 1. The number of hydrogen-bond donors (Lipinski definition) is 3. The van der Waals surface area contributed by atoms with Gasteiger partial charge < -0.3 is 11.1 Å². The molecule has 0 fully saturated rings. The summed E-state index contributed by atoms with van der Waals surface area (Å²) in [7, 11) is 0. The van der Waals surface area contributed by atoms with Gasteiger partial charge in [-0.1, -0.05) is 0 Å². The van der Waals surface area contributed by atoms with Crippen molar-refractivity contribution in [3.63, 3.8) is 0 Å². The summed E-state index contributed by atoms with van der Waals surface area (Å²) in [4.78, 5) is 21.8. The number of aromatic nitrogens is 2. The lowest BCUT2D eigenvalue weighted by Crippen LogP contribution is -2.30. The zero-order valence-electron chi connectivity index (χ0n) is 8.26. The van der Waals surface area contributed by atoms with Gasteiger partial charge >= 0.3 is 6.03 Å². The highest BCUT2D eigenvalue weighted by Gasteiger charge is 2.09. The highest BCUT2D eigenvalue weighted by molar-refractivity contribution is 5.71. The summed E-state index contributed by atoms with van der Waals surface area (Å²) in [5.74, 6) is 0. The molecule has 1 aromatic rings. The third kappa shape index (κ3) is 1.95. The molecule has 0 aliphatic rings. The van der Waals surface area contributed by atoms with Crippen LogP contribution in [0.3, 0.4) is 0 Å². The highest BCUT2D eigenvalue weighted by atomic mass is 16.2. The Morgan fingerprint density at radius 3 is 2.71 bits per heavy atom. The maximum Gasteiger partial charge on any atom is 0.312 e. The average molecular weight is 198 g/mol. The molecular weight excluding hydrogens is 184 g/mol. The normalized spacial score (nSPS) is 10.1. The first-order valence-electron chi connectivity index (χ1n) is 4.37. The largest absolute Gasteiger partial charge is 0.352 e. The molecule has 14 heavy (non-hydrogen) atoms. The molecule has 0 radical (unpaired) electrons. The first kappa shape index (κ1) is 10.4. The highest BCUT2D eigenvalue weighted by Crippen LogP contribution is 2.00. The molecule has 0 aliphatic heterocycles. The van der Waals surface area contributed by atoms with E-state index in [2.05, 4.69) is 10.4 Å². The number of hydrogen-bond acceptors (Lipinski definition) is 2. The van der Waals surface area contributed by atoms with Crippen molar-refractivity contribution < 1.29 is 4.79 Å². The Morgan fingerprint density at radius 1 is 1.64 bits per heavy atom. The molecule has 1 rings (SSSR count). The second-order valence-electron chi connectivity index (χ2n) is 2.97. The Bertz CT molecular complexity index is 391. The average Bonchev–Trinajstić information content (AvgIpc) is 2.39. The molecule has 6 nitrogen and oxygen atoms in total. The lowest BCUT2D eigenvalue weighted by molar-refractivity contribution is 0.248. The van der Waals surface area contributed by atoms with Crippen LogP contribution in [0.2, 0.25) is 0 Å². The Labute approximate surface area is 81.1 Å². The number of carbonyl (C=O) groups is 1. The summed E-state index contributed by atoms with van der Waals surface area (Å²) in [6.07, 6.45) is 0. The summed E-state index contributed by atoms with van der Waals surface area (Å²) in [6, 6.07) is -0.631. The van der Waals surface area contributed by atoms with Crippen LogP contribution in [0.15, 0.2) is 4.79 Å². The number of H-pyrrole nitrogens is 1. The zero-order chi connectivity index (χ0) is 10.7. The van der Waals surface area contributed by atoms with Gasteiger partial charge in [0.15, 0.2) is 0 Å². The number of nitrogens with two attached hydrogens (primary N) is 1. The molecule has 0 aromatic carbocycles. The van der Waals surface area contributed by atoms with Crippen LogP contribution in [-0.2, 0) is 13.1 Å². The maximum atomic E-state index is 11.4. The molecule has 2 amide bonds. The molecule has 0 saturated carbocycles. The van der Waals surface area contributed by atoms with Crippen molar-refractivity contribution in [3.05, 3.63) is 21.6 Å². The van der Waals surface area contributed by atoms with Gasteiger partial charge in [0.05, 0.1) is 12.1 Å². The molecule has 1 aromatic heterocycles. The van der Waals surface area contributed by atoms with Crippen LogP contribution in [0.25, 0.3) is 0 Å². The van der Waals surface area contributed by atoms with E-state index >= 15 is 0 Å². The van der Waals surface area contributed by atoms with Crippen molar-refractivity contribution in [1.82, 2.24) is 15.1 Å². The van der Waals surface area contributed by atoms with Crippen molar-refractivity contribution >= 4 is 6.03 Å². The molecule has 1 heterocycles. The van der Waals surface area contributed by atoms with Gasteiger partial charge in [-0.05, 0) is 13.8 Å². The first-order valence-corrected chi connectivity index (χ1v) is 4.37. The van der Waals surface area contributed by atoms with Crippen LogP contribution in [0.1, 0.15) is 18.2 Å². The Hall–Kier alpha value is -1.72. The molecule has 0 bridgehead atoms. The fraction of sp³-hybridized carbons (Fsp3) is 0.500. The molecule has 0 unspecified atom stereocenters. The van der Waals surface area contributed by atoms with Crippen molar-refractivity contribution in [2.75, 3.05) is 0 Å². The number of amides is 2. The van der Waals surface area contributed by atoms with E-state index in [1.54, 1.807) is 4.68 Å². The van der Waals surface area contributed by atoms with Crippen molar-refractivity contribution in [3.8, 4) is 0 Å². The number of nitrogens with one attached hydrogen (secondary N) is 2. The van der Waals surface area contributed by atoms with E-state index in [-0.39, 0.29) is 12.1 Å². The molecule has 6 heteroatoms. The Morgan fingerprint density at radius 2 is 2.29 bits per heavy atom. The lowest BCUT2D eigenvalue weighted by Gasteiger charge is -2.02. The number of aryl methyl sites for hydroxylation is 1. The fourth-order valence-electron chi connectivity index (χ4n) is 1.30. The third-order valence-corrected chi connectivity index (χ3v) is 2.11. The van der Waals surface area contributed by atoms with E-state index in [1.807, 2.05) is 13.8 Å². The molecular formula is C8H14N4O2. The van der Waals surface area contributed by atoms with Gasteiger partial charge in [-0.25, -0.2) is 4.79 Å². The van der Waals surface area contributed by atoms with Gasteiger partial charge in [0, 0.05) is 12.2 Å². The second kappa shape index (κ2) is 3.99. The van der Waals surface area contributed by atoms with Crippen molar-refractivity contribution in [1.29, 1.82) is 0 Å². The number of aromatic amines is 1. The summed E-state index contributed by atoms with van der Waals surface area (Å²) >= 11 is 0. The number of primary amides is 1. The van der Waals surface area contributed by atoms with E-state index in [0.29, 0.717) is 12.1 Å². The van der Waals surface area contributed by atoms with Gasteiger partial charge in [0.25, 0.3) is 5.56 Å². The van der Waals surface area contributed by atoms with Crippen LogP contribution >= 0.6 is 0 Å². The van der Waals surface area contributed by atoms with Gasteiger partial charge in [0.2, 0.25) is 0 Å². The Kier molecular flexibility index (Phi) is 2.95. The molecule has 0 spiro atoms. The van der Waals surface area contributed by atoms with E-state index in [9.17, 15) is 9.59 Å². The van der Waals surface area contributed by atoms with Crippen LogP contribution < -0.4 is 16.6 Å². The molecule has 0 aliphatic carbocycles. The molecule has 0 atom stereocenters. The van der Waals surface area contributed by atoms with Gasteiger partial charge in [0.1, 0.15) is 0 Å². The van der Waals surface area contributed by atoms with Gasteiger partial charge in [-0.2, -0.15) is 0 Å². The van der Waals surface area contributed by atoms with Crippen LogP contribution in [0.5, 0.6) is 0 Å². The van der Waals surface area contributed by atoms with E-state index < -0.39 is 6.03 Å². The summed E-state index contributed by atoms with van der Waals surface area (Å²) < 4.78 is 1.72. The van der Waals surface area contributed by atoms with E-state index in [4.69, 9.17) is 5.73 Å². The molecule has 4 N–H and O–H groups in total. The summed E-state index contributed by atoms with van der Waals surface area (Å²) in [5.41, 5.74) is 6.10. The molecule has 78 valence electrons. The van der Waals surface area contributed by atoms with E-state index in [0.717, 1.165) is 5.69 Å². The SMILES string of the molecule is CCn1[nH]c(=O)c(CNC(N)=O)c1C. The number of urea groups is 1. The predicted molar refractivity (Wildman–Crippen MR) is 51.9 cm³/mol. The Balaban J connectivity index is 2.91. The monoisotopic (exact) mass is 198 g/mol. The minimum Gasteiger partial charge on any atom is -0.352 e. The topological polar surface area (TPSA) is 92.9 Å². The lowest BCUT2D eigenvalue weighted by atomic mass is 10.2. The number of nitrogens with zero attached hydrogens (tertiary/aromatic N) is 1. The van der Waals surface area contributed by atoms with Gasteiger partial charge in [-0.3, -0.25) is 14.6 Å². The minimum absolute atomic E-state index is 0.170. The zero-order valence-corrected chi connectivity index (χ0v) is 8.26.